The van der Waals surface area contributed by atoms with Gasteiger partial charge >= 0.3 is 0 Å². The fraction of sp³-hybridized carbons (Fsp3) is 0.286. The van der Waals surface area contributed by atoms with Crippen LogP contribution in [-0.4, -0.2) is 29.2 Å². The molecule has 0 fully saturated rings. The number of hydrogen-bond acceptors (Lipinski definition) is 3. The van der Waals surface area contributed by atoms with Crippen LogP contribution >= 0.6 is 12.4 Å². The molecule has 5 nitrogen and oxygen atoms in total. The van der Waals surface area contributed by atoms with Crippen LogP contribution in [0.2, 0.25) is 0 Å². The smallest absolute Gasteiger partial charge is 0.269 e. The van der Waals surface area contributed by atoms with Crippen molar-refractivity contribution < 1.29 is 4.79 Å². The summed E-state index contributed by atoms with van der Waals surface area (Å²) in [6.45, 7) is 3.18. The number of nitrogens with zero attached hydrogens (tertiary/aromatic N) is 1. The van der Waals surface area contributed by atoms with Crippen LogP contribution < -0.4 is 11.1 Å². The first-order valence-corrected chi connectivity index (χ1v) is 6.31. The third kappa shape index (κ3) is 4.08. The second kappa shape index (κ2) is 7.67. The molecule has 0 saturated heterocycles. The summed E-state index contributed by atoms with van der Waals surface area (Å²) in [5.41, 5.74) is 8.79. The van der Waals surface area contributed by atoms with Crippen molar-refractivity contribution in [2.24, 2.45) is 5.73 Å². The first kappa shape index (κ1) is 16.2. The molecule has 1 amide bonds. The highest BCUT2D eigenvalue weighted by atomic mass is 35.5. The number of hydrogen-bond donors (Lipinski definition) is 3. The predicted octanol–water partition coefficient (Wildman–Crippen LogP) is 1.89. The summed E-state index contributed by atoms with van der Waals surface area (Å²) in [5, 5.41) is 9.69. The number of aromatic nitrogens is 2. The summed E-state index contributed by atoms with van der Waals surface area (Å²) in [5.74, 6) is -0.153. The number of nitrogens with two attached hydrogens (primary N) is 1. The first-order chi connectivity index (χ1) is 9.20. The summed E-state index contributed by atoms with van der Waals surface area (Å²) >= 11 is 0. The number of nitrogens with one attached hydrogen (secondary N) is 2. The number of rotatable bonds is 5. The van der Waals surface area contributed by atoms with Crippen LogP contribution in [0.3, 0.4) is 0 Å². The highest BCUT2D eigenvalue weighted by Crippen LogP contribution is 2.18. The molecule has 1 heterocycles. The van der Waals surface area contributed by atoms with Gasteiger partial charge in [0.05, 0.1) is 5.69 Å². The molecule has 6 heteroatoms. The average Bonchev–Trinajstić information content (AvgIpc) is 2.89. The van der Waals surface area contributed by atoms with Crippen LogP contribution in [0.25, 0.3) is 11.3 Å². The number of carbonyl (C=O) groups excluding carboxylic acids is 1. The zero-order valence-corrected chi connectivity index (χ0v) is 12.2. The van der Waals surface area contributed by atoms with Gasteiger partial charge in [0.1, 0.15) is 5.69 Å². The molecule has 1 aromatic heterocycles. The number of benzene rings is 1. The summed E-state index contributed by atoms with van der Waals surface area (Å²) < 4.78 is 0. The largest absolute Gasteiger partial charge is 0.351 e. The standard InChI is InChI=1S/C14H18N4O.ClH/c1-10-3-5-11(6-4-10)12-9-13(18-17-12)14(19)16-8-2-7-15;/h3-6,9H,2,7-8,15H2,1H3,(H,16,19)(H,17,18);1H. The van der Waals surface area contributed by atoms with Gasteiger partial charge in [-0.3, -0.25) is 9.89 Å². The molecule has 0 aliphatic rings. The number of carbonyl (C=O) groups is 1. The van der Waals surface area contributed by atoms with Gasteiger partial charge in [0.15, 0.2) is 0 Å². The fourth-order valence-electron chi connectivity index (χ4n) is 1.71. The lowest BCUT2D eigenvalue weighted by Gasteiger charge is -2.00. The summed E-state index contributed by atoms with van der Waals surface area (Å²) in [6, 6.07) is 9.77. The Labute approximate surface area is 124 Å². The Morgan fingerprint density at radius 1 is 1.35 bits per heavy atom. The molecule has 1 aromatic carbocycles. The van der Waals surface area contributed by atoms with Gasteiger partial charge in [-0.1, -0.05) is 29.8 Å². The van der Waals surface area contributed by atoms with Crippen LogP contribution in [0.4, 0.5) is 0 Å². The predicted molar refractivity (Wildman–Crippen MR) is 82.0 cm³/mol. The van der Waals surface area contributed by atoms with E-state index in [2.05, 4.69) is 15.5 Å². The second-order valence-corrected chi connectivity index (χ2v) is 4.43. The van der Waals surface area contributed by atoms with E-state index in [0.29, 0.717) is 18.8 Å². The van der Waals surface area contributed by atoms with Crippen molar-refractivity contribution in [3.05, 3.63) is 41.6 Å². The number of halogens is 1. The Bertz CT molecular complexity index is 551. The minimum Gasteiger partial charge on any atom is -0.351 e. The maximum Gasteiger partial charge on any atom is 0.269 e. The maximum absolute atomic E-state index is 11.8. The quantitative estimate of drug-likeness (QED) is 0.736. The molecule has 0 radical (unpaired) electrons. The lowest BCUT2D eigenvalue weighted by atomic mass is 10.1. The van der Waals surface area contributed by atoms with Crippen LogP contribution in [0.15, 0.2) is 30.3 Å². The molecular weight excluding hydrogens is 276 g/mol. The first-order valence-electron chi connectivity index (χ1n) is 6.31. The van der Waals surface area contributed by atoms with E-state index in [1.807, 2.05) is 31.2 Å². The van der Waals surface area contributed by atoms with Crippen molar-refractivity contribution in [3.8, 4) is 11.3 Å². The molecule has 0 aliphatic carbocycles. The molecule has 0 saturated carbocycles. The summed E-state index contributed by atoms with van der Waals surface area (Å²) in [6.07, 6.45) is 0.769. The van der Waals surface area contributed by atoms with Crippen molar-refractivity contribution in [1.82, 2.24) is 15.5 Å². The minimum absolute atomic E-state index is 0. The molecule has 0 atom stereocenters. The molecule has 0 aliphatic heterocycles. The van der Waals surface area contributed by atoms with Gasteiger partial charge in [-0.25, -0.2) is 0 Å². The lowest BCUT2D eigenvalue weighted by Crippen LogP contribution is -2.26. The Morgan fingerprint density at radius 3 is 2.70 bits per heavy atom. The van der Waals surface area contributed by atoms with E-state index in [9.17, 15) is 4.79 Å². The molecule has 2 rings (SSSR count). The highest BCUT2D eigenvalue weighted by Gasteiger charge is 2.10. The van der Waals surface area contributed by atoms with E-state index < -0.39 is 0 Å². The topological polar surface area (TPSA) is 83.8 Å². The molecule has 108 valence electrons. The molecule has 4 N–H and O–H groups in total. The molecule has 0 spiro atoms. The molecular formula is C14H19ClN4O. The minimum atomic E-state index is -0.153. The highest BCUT2D eigenvalue weighted by molar-refractivity contribution is 5.93. The van der Waals surface area contributed by atoms with Gasteiger partial charge < -0.3 is 11.1 Å². The van der Waals surface area contributed by atoms with Crippen molar-refractivity contribution in [2.45, 2.75) is 13.3 Å². The van der Waals surface area contributed by atoms with E-state index in [4.69, 9.17) is 5.73 Å². The maximum atomic E-state index is 11.8. The van der Waals surface area contributed by atoms with E-state index in [1.165, 1.54) is 5.56 Å². The Kier molecular flexibility index (Phi) is 6.21. The Balaban J connectivity index is 0.00000200. The van der Waals surface area contributed by atoms with Crippen LogP contribution in [0.1, 0.15) is 22.5 Å². The number of amides is 1. The van der Waals surface area contributed by atoms with Gasteiger partial charge in [-0.2, -0.15) is 5.10 Å². The van der Waals surface area contributed by atoms with E-state index in [-0.39, 0.29) is 18.3 Å². The number of aryl methyl sites for hydroxylation is 1. The second-order valence-electron chi connectivity index (χ2n) is 4.43. The average molecular weight is 295 g/mol. The summed E-state index contributed by atoms with van der Waals surface area (Å²) in [4.78, 5) is 11.8. The van der Waals surface area contributed by atoms with Crippen LogP contribution in [-0.2, 0) is 0 Å². The van der Waals surface area contributed by atoms with Gasteiger partial charge in [0.25, 0.3) is 5.91 Å². The van der Waals surface area contributed by atoms with Crippen molar-refractivity contribution in [2.75, 3.05) is 13.1 Å². The van der Waals surface area contributed by atoms with Gasteiger partial charge in [0, 0.05) is 12.1 Å². The molecule has 20 heavy (non-hydrogen) atoms. The SMILES string of the molecule is Cc1ccc(-c2cc(C(=O)NCCCN)[nH]n2)cc1.Cl. The van der Waals surface area contributed by atoms with E-state index in [0.717, 1.165) is 17.7 Å². The lowest BCUT2D eigenvalue weighted by molar-refractivity contribution is 0.0948. The molecule has 0 unspecified atom stereocenters. The Hall–Kier alpha value is -1.85. The third-order valence-electron chi connectivity index (χ3n) is 2.84. The summed E-state index contributed by atoms with van der Waals surface area (Å²) in [7, 11) is 0. The number of aromatic amines is 1. The van der Waals surface area contributed by atoms with E-state index >= 15 is 0 Å². The zero-order chi connectivity index (χ0) is 13.7. The van der Waals surface area contributed by atoms with Crippen molar-refractivity contribution in [3.63, 3.8) is 0 Å². The fourth-order valence-corrected chi connectivity index (χ4v) is 1.71. The van der Waals surface area contributed by atoms with Gasteiger partial charge in [0.2, 0.25) is 0 Å². The van der Waals surface area contributed by atoms with Crippen molar-refractivity contribution >= 4 is 18.3 Å². The van der Waals surface area contributed by atoms with Gasteiger partial charge in [-0.15, -0.1) is 12.4 Å². The van der Waals surface area contributed by atoms with E-state index in [1.54, 1.807) is 6.07 Å². The number of H-pyrrole nitrogens is 1. The normalized spacial score (nSPS) is 9.90. The van der Waals surface area contributed by atoms with Crippen molar-refractivity contribution in [1.29, 1.82) is 0 Å². The van der Waals surface area contributed by atoms with Gasteiger partial charge in [-0.05, 0) is 26.0 Å². The van der Waals surface area contributed by atoms with Crippen LogP contribution in [0, 0.1) is 6.92 Å². The molecule has 0 bridgehead atoms. The third-order valence-corrected chi connectivity index (χ3v) is 2.84. The Morgan fingerprint density at radius 2 is 2.05 bits per heavy atom. The zero-order valence-electron chi connectivity index (χ0n) is 11.3. The van der Waals surface area contributed by atoms with Crippen LogP contribution in [0.5, 0.6) is 0 Å². The monoisotopic (exact) mass is 294 g/mol. The molecule has 2 aromatic rings.